The average Bonchev–Trinajstić information content (AvgIpc) is 2.22. The molecule has 0 spiro atoms. The highest BCUT2D eigenvalue weighted by Gasteiger charge is 2.03. The van der Waals surface area contributed by atoms with Crippen LogP contribution in [0.1, 0.15) is 0 Å². The Kier molecular flexibility index (Phi) is 2.25. The summed E-state index contributed by atoms with van der Waals surface area (Å²) in [5.41, 5.74) is 0.783. The molecule has 3 nitrogen and oxygen atoms in total. The molecule has 1 heterocycles. The molecule has 0 fully saturated rings. The molecule has 0 saturated carbocycles. The van der Waals surface area contributed by atoms with E-state index in [1.165, 1.54) is 24.3 Å². The first-order chi connectivity index (χ1) is 7.16. The van der Waals surface area contributed by atoms with Gasteiger partial charge in [-0.2, -0.15) is 0 Å². The van der Waals surface area contributed by atoms with Crippen LogP contribution in [0.15, 0.2) is 41.2 Å². The molecular formula is C11H8FNO2. The van der Waals surface area contributed by atoms with E-state index in [1.54, 1.807) is 12.1 Å². The van der Waals surface area contributed by atoms with E-state index < -0.39 is 11.6 Å². The van der Waals surface area contributed by atoms with Crippen molar-refractivity contribution in [2.75, 3.05) is 0 Å². The smallest absolute Gasteiger partial charge is 0.248 e. The van der Waals surface area contributed by atoms with Crippen molar-refractivity contribution >= 4 is 0 Å². The first-order valence-corrected chi connectivity index (χ1v) is 4.35. The first kappa shape index (κ1) is 9.45. The van der Waals surface area contributed by atoms with Crippen LogP contribution >= 0.6 is 0 Å². The van der Waals surface area contributed by atoms with Gasteiger partial charge in [-0.25, -0.2) is 4.39 Å². The maximum atomic E-state index is 13.0. The second kappa shape index (κ2) is 3.57. The SMILES string of the molecule is O=c1cccc(-c2ccc(O)c(F)c2)[nH]1. The molecule has 0 saturated heterocycles. The molecule has 0 aliphatic carbocycles. The number of aromatic amines is 1. The molecule has 2 rings (SSSR count). The second-order valence-electron chi connectivity index (χ2n) is 3.09. The van der Waals surface area contributed by atoms with Gasteiger partial charge in [0.1, 0.15) is 0 Å². The minimum absolute atomic E-state index is 0.249. The molecule has 0 bridgehead atoms. The summed E-state index contributed by atoms with van der Waals surface area (Å²) in [6.07, 6.45) is 0. The van der Waals surface area contributed by atoms with Gasteiger partial charge in [-0.05, 0) is 24.3 Å². The molecule has 76 valence electrons. The van der Waals surface area contributed by atoms with Crippen LogP contribution in [0, 0.1) is 5.82 Å². The van der Waals surface area contributed by atoms with E-state index in [-0.39, 0.29) is 5.56 Å². The predicted molar refractivity (Wildman–Crippen MR) is 54.1 cm³/mol. The summed E-state index contributed by atoms with van der Waals surface area (Å²) in [6.45, 7) is 0. The first-order valence-electron chi connectivity index (χ1n) is 4.35. The lowest BCUT2D eigenvalue weighted by atomic mass is 10.1. The van der Waals surface area contributed by atoms with Gasteiger partial charge in [0, 0.05) is 17.3 Å². The summed E-state index contributed by atoms with van der Waals surface area (Å²) in [7, 11) is 0. The molecule has 2 aromatic rings. The van der Waals surface area contributed by atoms with Crippen molar-refractivity contribution in [3.63, 3.8) is 0 Å². The number of benzene rings is 1. The van der Waals surface area contributed by atoms with Crippen molar-refractivity contribution in [1.29, 1.82) is 0 Å². The van der Waals surface area contributed by atoms with Crippen LogP contribution in [0.2, 0.25) is 0 Å². The van der Waals surface area contributed by atoms with Crippen molar-refractivity contribution in [3.8, 4) is 17.0 Å². The Morgan fingerprint density at radius 3 is 2.67 bits per heavy atom. The summed E-state index contributed by atoms with van der Waals surface area (Å²) in [5.74, 6) is -1.12. The Hall–Kier alpha value is -2.10. The third-order valence-electron chi connectivity index (χ3n) is 2.03. The fourth-order valence-electron chi connectivity index (χ4n) is 1.29. The number of phenolic OH excluding ortho intramolecular Hbond substituents is 1. The zero-order valence-electron chi connectivity index (χ0n) is 7.70. The zero-order chi connectivity index (χ0) is 10.8. The number of H-pyrrole nitrogens is 1. The zero-order valence-corrected chi connectivity index (χ0v) is 7.70. The molecule has 0 amide bonds. The molecule has 1 aromatic heterocycles. The van der Waals surface area contributed by atoms with Gasteiger partial charge in [0.15, 0.2) is 11.6 Å². The number of aromatic nitrogens is 1. The number of phenols is 1. The fourth-order valence-corrected chi connectivity index (χ4v) is 1.29. The maximum Gasteiger partial charge on any atom is 0.248 e. The standard InChI is InChI=1S/C11H8FNO2/c12-8-6-7(4-5-10(8)14)9-2-1-3-11(15)13-9/h1-6,14H,(H,13,15). The molecule has 0 unspecified atom stereocenters. The lowest BCUT2D eigenvalue weighted by Gasteiger charge is -2.02. The van der Waals surface area contributed by atoms with Gasteiger partial charge in [0.05, 0.1) is 0 Å². The van der Waals surface area contributed by atoms with Crippen LogP contribution < -0.4 is 5.56 Å². The topological polar surface area (TPSA) is 53.1 Å². The third kappa shape index (κ3) is 1.88. The van der Waals surface area contributed by atoms with Crippen molar-refractivity contribution < 1.29 is 9.50 Å². The Morgan fingerprint density at radius 1 is 1.20 bits per heavy atom. The van der Waals surface area contributed by atoms with Crippen molar-refractivity contribution in [3.05, 3.63) is 52.6 Å². The summed E-state index contributed by atoms with van der Waals surface area (Å²) >= 11 is 0. The van der Waals surface area contributed by atoms with Crippen LogP contribution in [-0.2, 0) is 0 Å². The monoisotopic (exact) mass is 205 g/mol. The molecular weight excluding hydrogens is 197 g/mol. The molecule has 15 heavy (non-hydrogen) atoms. The highest BCUT2D eigenvalue weighted by molar-refractivity contribution is 5.59. The predicted octanol–water partition coefficient (Wildman–Crippen LogP) is 1.89. The Bertz CT molecular complexity index is 548. The van der Waals surface area contributed by atoms with Gasteiger partial charge in [-0.3, -0.25) is 4.79 Å². The van der Waals surface area contributed by atoms with E-state index in [4.69, 9.17) is 5.11 Å². The van der Waals surface area contributed by atoms with Crippen LogP contribution in [0.4, 0.5) is 4.39 Å². The third-order valence-corrected chi connectivity index (χ3v) is 2.03. The van der Waals surface area contributed by atoms with Crippen molar-refractivity contribution in [2.45, 2.75) is 0 Å². The Morgan fingerprint density at radius 2 is 2.00 bits per heavy atom. The Balaban J connectivity index is 2.55. The highest BCUT2D eigenvalue weighted by atomic mass is 19.1. The molecule has 0 radical (unpaired) electrons. The summed E-state index contributed by atoms with van der Waals surface area (Å²) in [5, 5.41) is 9.00. The van der Waals surface area contributed by atoms with E-state index in [0.717, 1.165) is 0 Å². The normalized spacial score (nSPS) is 10.2. The Labute approximate surface area is 84.8 Å². The van der Waals surface area contributed by atoms with E-state index in [0.29, 0.717) is 11.3 Å². The fraction of sp³-hybridized carbons (Fsp3) is 0. The number of nitrogens with one attached hydrogen (secondary N) is 1. The summed E-state index contributed by atoms with van der Waals surface area (Å²) in [6, 6.07) is 8.56. The maximum absolute atomic E-state index is 13.0. The lowest BCUT2D eigenvalue weighted by molar-refractivity contribution is 0.432. The molecule has 0 atom stereocenters. The van der Waals surface area contributed by atoms with Gasteiger partial charge in [-0.15, -0.1) is 0 Å². The molecule has 1 aromatic carbocycles. The van der Waals surface area contributed by atoms with Crippen LogP contribution in [0.5, 0.6) is 5.75 Å². The quantitative estimate of drug-likeness (QED) is 0.746. The summed E-state index contributed by atoms with van der Waals surface area (Å²) < 4.78 is 13.0. The van der Waals surface area contributed by atoms with Crippen molar-refractivity contribution in [1.82, 2.24) is 4.98 Å². The molecule has 0 aliphatic rings. The minimum atomic E-state index is -0.711. The molecule has 4 heteroatoms. The number of hydrogen-bond donors (Lipinski definition) is 2. The largest absolute Gasteiger partial charge is 0.505 e. The number of hydrogen-bond acceptors (Lipinski definition) is 2. The summed E-state index contributed by atoms with van der Waals surface area (Å²) in [4.78, 5) is 13.6. The van der Waals surface area contributed by atoms with Gasteiger partial charge < -0.3 is 10.1 Å². The van der Waals surface area contributed by atoms with E-state index >= 15 is 0 Å². The van der Waals surface area contributed by atoms with Crippen LogP contribution in [0.25, 0.3) is 11.3 Å². The number of aromatic hydroxyl groups is 1. The molecule has 0 aliphatic heterocycles. The second-order valence-corrected chi connectivity index (χ2v) is 3.09. The van der Waals surface area contributed by atoms with E-state index in [2.05, 4.69) is 4.98 Å². The minimum Gasteiger partial charge on any atom is -0.505 e. The highest BCUT2D eigenvalue weighted by Crippen LogP contribution is 2.22. The van der Waals surface area contributed by atoms with Crippen LogP contribution in [0.3, 0.4) is 0 Å². The average molecular weight is 205 g/mol. The number of halogens is 1. The van der Waals surface area contributed by atoms with Crippen molar-refractivity contribution in [2.24, 2.45) is 0 Å². The van der Waals surface area contributed by atoms with E-state index in [9.17, 15) is 9.18 Å². The van der Waals surface area contributed by atoms with Crippen LogP contribution in [-0.4, -0.2) is 10.1 Å². The molecule has 2 N–H and O–H groups in total. The van der Waals surface area contributed by atoms with Gasteiger partial charge in [0.25, 0.3) is 0 Å². The number of rotatable bonds is 1. The lowest BCUT2D eigenvalue weighted by Crippen LogP contribution is -2.03. The van der Waals surface area contributed by atoms with Gasteiger partial charge in [-0.1, -0.05) is 6.07 Å². The van der Waals surface area contributed by atoms with E-state index in [1.807, 2.05) is 0 Å². The van der Waals surface area contributed by atoms with Gasteiger partial charge >= 0.3 is 0 Å². The van der Waals surface area contributed by atoms with Gasteiger partial charge in [0.2, 0.25) is 5.56 Å². The number of pyridine rings is 1.